The van der Waals surface area contributed by atoms with Crippen molar-refractivity contribution in [2.75, 3.05) is 0 Å². The van der Waals surface area contributed by atoms with Gasteiger partial charge in [-0.3, -0.25) is 0 Å². The molecule has 0 aromatic rings. The van der Waals surface area contributed by atoms with Gasteiger partial charge in [0.05, 0.1) is 12.9 Å². The molecule has 0 spiro atoms. The number of hydrogen-bond acceptors (Lipinski definition) is 3. The third-order valence-electron chi connectivity index (χ3n) is 0.0365. The van der Waals surface area contributed by atoms with Crippen molar-refractivity contribution in [2.24, 2.45) is 0 Å². The Morgan fingerprint density at radius 1 is 2.00 bits per heavy atom. The van der Waals surface area contributed by atoms with E-state index in [1.54, 1.807) is 0 Å². The molecule has 0 atom stereocenters. The highest BCUT2D eigenvalue weighted by atomic mass is 32.1. The molecule has 4 heavy (non-hydrogen) atoms. The maximum Gasteiger partial charge on any atom is 0.515 e. The van der Waals surface area contributed by atoms with Crippen molar-refractivity contribution in [2.45, 2.75) is 0 Å². The Hall–Kier alpha value is 0.230. The third kappa shape index (κ3) is 2.23. The van der Waals surface area contributed by atoms with Crippen LogP contribution < -0.4 is 5.64 Å². The Labute approximate surface area is 29.1 Å². The van der Waals surface area contributed by atoms with Crippen LogP contribution >= 0.6 is 12.9 Å². The molecule has 0 aliphatic carbocycles. The van der Waals surface area contributed by atoms with Crippen molar-refractivity contribution in [3.05, 3.63) is 0 Å². The zero-order valence-corrected chi connectivity index (χ0v) is 2.64. The molecule has 0 aliphatic rings. The predicted octanol–water partition coefficient (Wildman–Crippen LogP) is -0.244. The second kappa shape index (κ2) is 3.23. The summed E-state index contributed by atoms with van der Waals surface area (Å²) in [6.45, 7) is 0. The van der Waals surface area contributed by atoms with Crippen LogP contribution in [-0.2, 0) is 4.28 Å². The third-order valence-corrected chi connectivity index (χ3v) is 0.110. The number of hydrogen-bond donors (Lipinski definition) is 2. The molecule has 0 aromatic heterocycles. The number of nitrogens with zero attached hydrogens (tertiary/aromatic N) is 1. The Morgan fingerprint density at radius 3 is 2.25 bits per heavy atom. The van der Waals surface area contributed by atoms with Gasteiger partial charge in [0.1, 0.15) is 0 Å². The van der Waals surface area contributed by atoms with Gasteiger partial charge in [0.25, 0.3) is 0 Å². The van der Waals surface area contributed by atoms with Crippen LogP contribution in [0.3, 0.4) is 0 Å². The topological polar surface area (TPSA) is 43.6 Å². The molecule has 0 aromatic carbocycles. The van der Waals surface area contributed by atoms with Gasteiger partial charge in [-0.05, 0) is 0 Å². The molecule has 0 bridgehead atoms. The molecule has 0 saturated carbocycles. The Kier molecular flexibility index (Phi) is 3.42. The summed E-state index contributed by atoms with van der Waals surface area (Å²) in [4.78, 5) is 0. The van der Waals surface area contributed by atoms with Gasteiger partial charge in [-0.25, -0.2) is 0 Å². The molecule has 1 N–H and O–H groups in total. The van der Waals surface area contributed by atoms with Gasteiger partial charge >= 0.3 is 5.64 Å². The fraction of sp³-hybridized carbons (Fsp3) is 0. The van der Waals surface area contributed by atoms with Crippen LogP contribution in [0.4, 0.5) is 0 Å². The normalized spacial score (nSPS) is 7.50. The average molecular weight is 80.1 g/mol. The zero-order chi connectivity index (χ0) is 3.41. The first-order valence-corrected chi connectivity index (χ1v) is 0.930. The summed E-state index contributed by atoms with van der Waals surface area (Å²) in [5.74, 6) is 0. The number of rotatable bonds is 1. The van der Waals surface area contributed by atoms with E-state index in [2.05, 4.69) is 22.8 Å². The summed E-state index contributed by atoms with van der Waals surface area (Å²) >= 11 is 3.00. The van der Waals surface area contributed by atoms with E-state index in [1.807, 2.05) is 0 Å². The molecule has 3 nitrogen and oxygen atoms in total. The van der Waals surface area contributed by atoms with Crippen molar-refractivity contribution in [1.29, 1.82) is 0 Å². The quantitative estimate of drug-likeness (QED) is 0.259. The molecular formula is H2NO2S+. The van der Waals surface area contributed by atoms with E-state index in [9.17, 15) is 0 Å². The monoisotopic (exact) mass is 80.0 g/mol. The van der Waals surface area contributed by atoms with Gasteiger partial charge in [-0.1, -0.05) is 5.21 Å². The highest BCUT2D eigenvalue weighted by Gasteiger charge is 1.84. The number of thiol groups is 1. The predicted molar refractivity (Wildman–Crippen MR) is 14.0 cm³/mol. The summed E-state index contributed by atoms with van der Waals surface area (Å²) in [5, 5.41) is 7.20. The smallest absolute Gasteiger partial charge is 0.0564 e. The van der Waals surface area contributed by atoms with Crippen molar-refractivity contribution in [3.63, 3.8) is 0 Å². The second-order valence-corrected chi connectivity index (χ2v) is 0.327. The molecule has 4 heteroatoms. The van der Waals surface area contributed by atoms with Crippen LogP contribution in [-0.4, -0.2) is 5.21 Å². The van der Waals surface area contributed by atoms with E-state index in [0.29, 0.717) is 0 Å². The lowest BCUT2D eigenvalue weighted by Gasteiger charge is -1.44. The standard InChI is InChI=1S/H2NO2S/c2-1-3-4/h2,4H/q+1. The Morgan fingerprint density at radius 2 is 2.25 bits per heavy atom. The van der Waals surface area contributed by atoms with Gasteiger partial charge in [0, 0.05) is 4.28 Å². The summed E-state index contributed by atoms with van der Waals surface area (Å²) in [5.41, 5.74) is 2.10. The van der Waals surface area contributed by atoms with Gasteiger partial charge < -0.3 is 0 Å². The van der Waals surface area contributed by atoms with E-state index in [-0.39, 0.29) is 0 Å². The Balaban J connectivity index is 1.97. The second-order valence-electron chi connectivity index (χ2n) is 0.163. The summed E-state index contributed by atoms with van der Waals surface area (Å²) in [6.07, 6.45) is 0. The first-order chi connectivity index (χ1) is 1.91. The van der Waals surface area contributed by atoms with E-state index in [0.717, 1.165) is 0 Å². The fourth-order valence-electron chi connectivity index (χ4n) is 0. The zero-order valence-electron chi connectivity index (χ0n) is 1.75. The highest BCUT2D eigenvalue weighted by Crippen LogP contribution is 1.61. The van der Waals surface area contributed by atoms with Gasteiger partial charge in [-0.15, -0.1) is 0 Å². The van der Waals surface area contributed by atoms with E-state index < -0.39 is 0 Å². The summed E-state index contributed by atoms with van der Waals surface area (Å²) < 4.78 is 3.42. The molecule has 0 fully saturated rings. The molecule has 0 aliphatic heterocycles. The van der Waals surface area contributed by atoms with Crippen LogP contribution in [0.1, 0.15) is 0 Å². The molecule has 0 heterocycles. The summed E-state index contributed by atoms with van der Waals surface area (Å²) in [6, 6.07) is 0. The lowest BCUT2D eigenvalue weighted by atomic mass is 13.3. The lowest BCUT2D eigenvalue weighted by molar-refractivity contribution is -0.0363. The molecule has 0 amide bonds. The van der Waals surface area contributed by atoms with Crippen LogP contribution in [0, 0.1) is 0 Å². The van der Waals surface area contributed by atoms with Crippen molar-refractivity contribution in [3.8, 4) is 0 Å². The van der Waals surface area contributed by atoms with Gasteiger partial charge in [-0.2, -0.15) is 0 Å². The van der Waals surface area contributed by atoms with Crippen molar-refractivity contribution in [1.82, 2.24) is 5.64 Å². The minimum atomic E-state index is 2.10. The molecule has 2 radical (unpaired) electrons. The molecular weight excluding hydrogens is 78.1 g/mol. The molecule has 0 rings (SSSR count). The maximum atomic E-state index is 7.20. The lowest BCUT2D eigenvalue weighted by Crippen LogP contribution is -1.85. The van der Waals surface area contributed by atoms with E-state index in [4.69, 9.17) is 5.21 Å². The first kappa shape index (κ1) is 4.23. The first-order valence-electron chi connectivity index (χ1n) is 0.565. The SMILES string of the molecule is O[N+]OS. The van der Waals surface area contributed by atoms with Gasteiger partial charge in [0.15, 0.2) is 0 Å². The van der Waals surface area contributed by atoms with Gasteiger partial charge in [0.2, 0.25) is 0 Å². The molecule has 0 saturated heterocycles. The molecule has 24 valence electrons. The average Bonchev–Trinajstić information content (AvgIpc) is 1.37. The minimum absolute atomic E-state index is 2.10. The van der Waals surface area contributed by atoms with Crippen molar-refractivity contribution < 1.29 is 9.49 Å². The van der Waals surface area contributed by atoms with Crippen LogP contribution in [0.2, 0.25) is 0 Å². The fourth-order valence-corrected chi connectivity index (χ4v) is 0. The maximum absolute atomic E-state index is 7.20. The Bertz CT molecular complexity index is 8.00. The van der Waals surface area contributed by atoms with E-state index in [1.165, 1.54) is 0 Å². The van der Waals surface area contributed by atoms with Crippen LogP contribution in [0.5, 0.6) is 0 Å². The minimum Gasteiger partial charge on any atom is -0.0564 e. The summed E-state index contributed by atoms with van der Waals surface area (Å²) in [7, 11) is 0. The van der Waals surface area contributed by atoms with Crippen molar-refractivity contribution >= 4 is 12.9 Å². The largest absolute Gasteiger partial charge is 0.515 e. The highest BCUT2D eigenvalue weighted by molar-refractivity contribution is 7.75. The van der Waals surface area contributed by atoms with Crippen LogP contribution in [0.15, 0.2) is 0 Å². The van der Waals surface area contributed by atoms with E-state index >= 15 is 0 Å². The van der Waals surface area contributed by atoms with Crippen LogP contribution in [0.25, 0.3) is 0 Å². The molecule has 0 unspecified atom stereocenters.